The van der Waals surface area contributed by atoms with Gasteiger partial charge in [-0.05, 0) is 17.9 Å². The maximum atomic E-state index is 12.1. The second-order valence-electron chi connectivity index (χ2n) is 4.67. The van der Waals surface area contributed by atoms with Crippen LogP contribution in [-0.2, 0) is 9.59 Å². The largest absolute Gasteiger partial charge is 0.344 e. The van der Waals surface area contributed by atoms with Crippen LogP contribution in [0.1, 0.15) is 12.8 Å². The summed E-state index contributed by atoms with van der Waals surface area (Å²) in [6.45, 7) is 0. The van der Waals surface area contributed by atoms with E-state index in [1.54, 1.807) is 0 Å². The number of anilines is 1. The summed E-state index contributed by atoms with van der Waals surface area (Å²) in [5.41, 5.74) is 0.782. The van der Waals surface area contributed by atoms with Gasteiger partial charge in [-0.25, -0.2) is 0 Å². The Kier molecular flexibility index (Phi) is 2.91. The predicted molar refractivity (Wildman–Crippen MR) is 73.7 cm³/mol. The Morgan fingerprint density at radius 3 is 2.74 bits per heavy atom. The lowest BCUT2D eigenvalue weighted by atomic mass is 10.1. The lowest BCUT2D eigenvalue weighted by Gasteiger charge is -2.12. The van der Waals surface area contributed by atoms with E-state index in [1.165, 1.54) is 0 Å². The van der Waals surface area contributed by atoms with Crippen molar-refractivity contribution in [3.8, 4) is 0 Å². The van der Waals surface area contributed by atoms with Crippen molar-refractivity contribution in [1.82, 2.24) is 5.32 Å². The first kappa shape index (κ1) is 11.7. The van der Waals surface area contributed by atoms with Gasteiger partial charge in [-0.15, -0.1) is 0 Å². The van der Waals surface area contributed by atoms with Crippen LogP contribution in [0.25, 0.3) is 10.8 Å². The number of carbonyl (C=O) groups excluding carboxylic acids is 2. The molecule has 19 heavy (non-hydrogen) atoms. The number of amides is 2. The van der Waals surface area contributed by atoms with Crippen LogP contribution in [0.2, 0.25) is 0 Å². The van der Waals surface area contributed by atoms with E-state index in [4.69, 9.17) is 0 Å². The molecule has 1 aliphatic heterocycles. The second-order valence-corrected chi connectivity index (χ2v) is 4.67. The van der Waals surface area contributed by atoms with Gasteiger partial charge in [0.05, 0.1) is 0 Å². The molecule has 0 aliphatic carbocycles. The topological polar surface area (TPSA) is 58.2 Å². The van der Waals surface area contributed by atoms with E-state index in [0.29, 0.717) is 12.8 Å². The molecule has 1 fully saturated rings. The Hall–Kier alpha value is -2.36. The molecule has 1 saturated heterocycles. The third kappa shape index (κ3) is 2.29. The van der Waals surface area contributed by atoms with Crippen molar-refractivity contribution < 1.29 is 9.59 Å². The minimum absolute atomic E-state index is 0.0573. The molecule has 3 rings (SSSR count). The van der Waals surface area contributed by atoms with Crippen LogP contribution in [0.5, 0.6) is 0 Å². The quantitative estimate of drug-likeness (QED) is 0.861. The summed E-state index contributed by atoms with van der Waals surface area (Å²) in [5, 5.41) is 7.65. The molecule has 2 aromatic rings. The fraction of sp³-hybridized carbons (Fsp3) is 0.200. The molecule has 0 unspecified atom stereocenters. The fourth-order valence-electron chi connectivity index (χ4n) is 2.36. The molecule has 4 heteroatoms. The Balaban J connectivity index is 1.85. The normalized spacial score (nSPS) is 18.3. The van der Waals surface area contributed by atoms with Crippen LogP contribution < -0.4 is 10.6 Å². The molecule has 0 saturated carbocycles. The summed E-state index contributed by atoms with van der Waals surface area (Å²) in [5.74, 6) is -0.208. The number of fused-ring (bicyclic) bond motifs is 1. The minimum atomic E-state index is -0.411. The first-order chi connectivity index (χ1) is 9.24. The Labute approximate surface area is 110 Å². The van der Waals surface area contributed by atoms with Gasteiger partial charge in [0.1, 0.15) is 6.04 Å². The maximum Gasteiger partial charge on any atom is 0.246 e. The molecular weight excluding hydrogens is 240 g/mol. The van der Waals surface area contributed by atoms with Crippen LogP contribution >= 0.6 is 0 Å². The van der Waals surface area contributed by atoms with Crippen molar-refractivity contribution in [2.45, 2.75) is 18.9 Å². The van der Waals surface area contributed by atoms with Gasteiger partial charge in [0.25, 0.3) is 0 Å². The summed E-state index contributed by atoms with van der Waals surface area (Å²) >= 11 is 0. The first-order valence-corrected chi connectivity index (χ1v) is 6.32. The van der Waals surface area contributed by atoms with Crippen molar-refractivity contribution in [1.29, 1.82) is 0 Å². The summed E-state index contributed by atoms with van der Waals surface area (Å²) < 4.78 is 0. The van der Waals surface area contributed by atoms with Gasteiger partial charge in [-0.1, -0.05) is 36.4 Å². The van der Waals surface area contributed by atoms with Crippen LogP contribution in [0.15, 0.2) is 42.5 Å². The van der Waals surface area contributed by atoms with E-state index in [9.17, 15) is 9.59 Å². The molecule has 2 aromatic carbocycles. The number of hydrogen-bond donors (Lipinski definition) is 2. The third-order valence-electron chi connectivity index (χ3n) is 3.36. The minimum Gasteiger partial charge on any atom is -0.344 e. The molecular formula is C15H14N2O2. The van der Waals surface area contributed by atoms with Crippen molar-refractivity contribution >= 4 is 28.3 Å². The average molecular weight is 254 g/mol. The number of rotatable bonds is 2. The molecule has 96 valence electrons. The first-order valence-electron chi connectivity index (χ1n) is 6.32. The predicted octanol–water partition coefficient (Wildman–Crippen LogP) is 2.06. The zero-order valence-corrected chi connectivity index (χ0v) is 10.3. The van der Waals surface area contributed by atoms with Crippen molar-refractivity contribution in [2.75, 3.05) is 5.32 Å². The number of benzene rings is 2. The second kappa shape index (κ2) is 4.72. The molecule has 0 radical (unpaired) electrons. The van der Waals surface area contributed by atoms with E-state index in [2.05, 4.69) is 10.6 Å². The maximum absolute atomic E-state index is 12.1. The van der Waals surface area contributed by atoms with Gasteiger partial charge in [-0.3, -0.25) is 9.59 Å². The summed E-state index contributed by atoms with van der Waals surface area (Å²) in [6, 6.07) is 13.2. The molecule has 0 spiro atoms. The van der Waals surface area contributed by atoms with Crippen LogP contribution in [0.3, 0.4) is 0 Å². The molecule has 2 N–H and O–H groups in total. The van der Waals surface area contributed by atoms with E-state index in [1.807, 2.05) is 42.5 Å². The molecule has 4 nitrogen and oxygen atoms in total. The SMILES string of the molecule is O=C1CC[C@H](C(=O)Nc2cccc3ccccc23)N1. The van der Waals surface area contributed by atoms with Gasteiger partial charge in [0.15, 0.2) is 0 Å². The highest BCUT2D eigenvalue weighted by molar-refractivity contribution is 6.05. The summed E-state index contributed by atoms with van der Waals surface area (Å²) in [6.07, 6.45) is 0.989. The van der Waals surface area contributed by atoms with Crippen LogP contribution in [-0.4, -0.2) is 17.9 Å². The van der Waals surface area contributed by atoms with Crippen molar-refractivity contribution in [2.24, 2.45) is 0 Å². The summed E-state index contributed by atoms with van der Waals surface area (Å²) in [7, 11) is 0. The smallest absolute Gasteiger partial charge is 0.246 e. The zero-order valence-electron chi connectivity index (χ0n) is 10.3. The van der Waals surface area contributed by atoms with E-state index < -0.39 is 6.04 Å². The average Bonchev–Trinajstić information content (AvgIpc) is 2.86. The molecule has 2 amide bonds. The van der Waals surface area contributed by atoms with E-state index >= 15 is 0 Å². The third-order valence-corrected chi connectivity index (χ3v) is 3.36. The van der Waals surface area contributed by atoms with Gasteiger partial charge in [0, 0.05) is 17.5 Å². The lowest BCUT2D eigenvalue weighted by molar-refractivity contribution is -0.122. The Bertz CT molecular complexity index is 646. The van der Waals surface area contributed by atoms with Gasteiger partial charge in [-0.2, -0.15) is 0 Å². The molecule has 1 aliphatic rings. The van der Waals surface area contributed by atoms with Crippen LogP contribution in [0.4, 0.5) is 5.69 Å². The molecule has 1 heterocycles. The monoisotopic (exact) mass is 254 g/mol. The van der Waals surface area contributed by atoms with Gasteiger partial charge < -0.3 is 10.6 Å². The fourth-order valence-corrected chi connectivity index (χ4v) is 2.36. The van der Waals surface area contributed by atoms with Crippen molar-refractivity contribution in [3.63, 3.8) is 0 Å². The van der Waals surface area contributed by atoms with E-state index in [-0.39, 0.29) is 11.8 Å². The van der Waals surface area contributed by atoms with Gasteiger partial charge >= 0.3 is 0 Å². The molecule has 0 bridgehead atoms. The van der Waals surface area contributed by atoms with Crippen molar-refractivity contribution in [3.05, 3.63) is 42.5 Å². The number of hydrogen-bond acceptors (Lipinski definition) is 2. The highest BCUT2D eigenvalue weighted by atomic mass is 16.2. The van der Waals surface area contributed by atoms with Gasteiger partial charge in [0.2, 0.25) is 11.8 Å². The van der Waals surface area contributed by atoms with E-state index in [0.717, 1.165) is 16.5 Å². The lowest BCUT2D eigenvalue weighted by Crippen LogP contribution is -2.37. The van der Waals surface area contributed by atoms with Crippen LogP contribution in [0, 0.1) is 0 Å². The standard InChI is InChI=1S/C15H14N2O2/c18-14-9-8-13(16-14)15(19)17-12-7-3-5-10-4-1-2-6-11(10)12/h1-7,13H,8-9H2,(H,16,18)(H,17,19)/t13-/m1/s1. The Morgan fingerprint density at radius 2 is 1.95 bits per heavy atom. The molecule has 0 aromatic heterocycles. The highest BCUT2D eigenvalue weighted by Crippen LogP contribution is 2.23. The highest BCUT2D eigenvalue weighted by Gasteiger charge is 2.27. The number of nitrogens with one attached hydrogen (secondary N) is 2. The zero-order chi connectivity index (χ0) is 13.2. The summed E-state index contributed by atoms with van der Waals surface area (Å²) in [4.78, 5) is 23.2. The Morgan fingerprint density at radius 1 is 1.16 bits per heavy atom. The number of carbonyl (C=O) groups is 2. The molecule has 1 atom stereocenters.